The Morgan fingerprint density at radius 1 is 1.00 bits per heavy atom. The van der Waals surface area contributed by atoms with E-state index in [0.29, 0.717) is 41.6 Å². The average molecular weight is 501 g/mol. The lowest BCUT2D eigenvalue weighted by Crippen LogP contribution is -2.29. The zero-order valence-electron chi connectivity index (χ0n) is 20.9. The van der Waals surface area contributed by atoms with Crippen molar-refractivity contribution in [2.75, 3.05) is 39.3 Å². The summed E-state index contributed by atoms with van der Waals surface area (Å²) >= 11 is 0. The second-order valence-electron chi connectivity index (χ2n) is 9.08. The first-order valence-corrected chi connectivity index (χ1v) is 12.0. The van der Waals surface area contributed by atoms with Crippen molar-refractivity contribution in [2.45, 2.75) is 12.6 Å². The van der Waals surface area contributed by atoms with E-state index < -0.39 is 17.7 Å². The molecule has 1 unspecified atom stereocenters. The number of benzene rings is 3. The SMILES string of the molecule is COc1ccccc1CN1C(=O)C(=O)/C(=C(\O)c2ccc3c(c2)OCCO3)C1c1ccc(N(C)C)cc1. The first-order valence-electron chi connectivity index (χ1n) is 12.0. The first kappa shape index (κ1) is 24.2. The smallest absolute Gasteiger partial charge is 0.295 e. The van der Waals surface area contributed by atoms with Crippen LogP contribution in [0.5, 0.6) is 17.2 Å². The molecule has 37 heavy (non-hydrogen) atoms. The normalized spacial score (nSPS) is 18.1. The molecule has 0 bridgehead atoms. The summed E-state index contributed by atoms with van der Waals surface area (Å²) in [5.41, 5.74) is 2.82. The Bertz CT molecular complexity index is 1380. The van der Waals surface area contributed by atoms with Gasteiger partial charge >= 0.3 is 0 Å². The molecule has 1 saturated heterocycles. The maximum absolute atomic E-state index is 13.4. The van der Waals surface area contributed by atoms with Gasteiger partial charge in [-0.3, -0.25) is 9.59 Å². The number of ketones is 1. The van der Waals surface area contributed by atoms with Gasteiger partial charge < -0.3 is 29.1 Å². The van der Waals surface area contributed by atoms with Gasteiger partial charge in [0.15, 0.2) is 11.5 Å². The van der Waals surface area contributed by atoms with Gasteiger partial charge in [0.25, 0.3) is 11.7 Å². The lowest BCUT2D eigenvalue weighted by Gasteiger charge is -2.26. The van der Waals surface area contributed by atoms with Crippen molar-refractivity contribution >= 4 is 23.1 Å². The van der Waals surface area contributed by atoms with Crippen LogP contribution in [0.1, 0.15) is 22.7 Å². The molecular weight excluding hydrogens is 472 g/mol. The van der Waals surface area contributed by atoms with Crippen LogP contribution in [0.3, 0.4) is 0 Å². The number of anilines is 1. The number of ether oxygens (including phenoxy) is 3. The number of aliphatic hydroxyl groups excluding tert-OH is 1. The van der Waals surface area contributed by atoms with Crippen molar-refractivity contribution in [3.8, 4) is 17.2 Å². The highest BCUT2D eigenvalue weighted by Crippen LogP contribution is 2.42. The van der Waals surface area contributed by atoms with E-state index in [1.165, 1.54) is 4.90 Å². The number of para-hydroxylation sites is 1. The molecule has 0 radical (unpaired) electrons. The predicted octanol–water partition coefficient (Wildman–Crippen LogP) is 4.15. The van der Waals surface area contributed by atoms with Gasteiger partial charge in [-0.2, -0.15) is 0 Å². The highest BCUT2D eigenvalue weighted by molar-refractivity contribution is 6.46. The van der Waals surface area contributed by atoms with Crippen LogP contribution in [-0.2, 0) is 16.1 Å². The van der Waals surface area contributed by atoms with Crippen molar-refractivity contribution in [3.05, 3.63) is 89.0 Å². The number of methoxy groups -OCH3 is 1. The lowest BCUT2D eigenvalue weighted by molar-refractivity contribution is -0.140. The Balaban J connectivity index is 1.63. The minimum atomic E-state index is -0.797. The van der Waals surface area contributed by atoms with Crippen LogP contribution in [0.25, 0.3) is 5.76 Å². The van der Waals surface area contributed by atoms with E-state index in [2.05, 4.69) is 0 Å². The molecule has 0 saturated carbocycles. The fourth-order valence-electron chi connectivity index (χ4n) is 4.71. The van der Waals surface area contributed by atoms with E-state index >= 15 is 0 Å². The summed E-state index contributed by atoms with van der Waals surface area (Å²) in [5.74, 6) is -0.0474. The van der Waals surface area contributed by atoms with Crippen LogP contribution in [0.4, 0.5) is 5.69 Å². The number of aliphatic hydroxyl groups is 1. The van der Waals surface area contributed by atoms with Gasteiger partial charge in [0.2, 0.25) is 0 Å². The fourth-order valence-corrected chi connectivity index (χ4v) is 4.71. The monoisotopic (exact) mass is 500 g/mol. The third kappa shape index (κ3) is 4.46. The lowest BCUT2D eigenvalue weighted by atomic mass is 9.94. The predicted molar refractivity (Wildman–Crippen MR) is 139 cm³/mol. The molecule has 2 heterocycles. The van der Waals surface area contributed by atoms with Gasteiger partial charge in [0.1, 0.15) is 24.7 Å². The van der Waals surface area contributed by atoms with E-state index in [9.17, 15) is 14.7 Å². The van der Waals surface area contributed by atoms with Gasteiger partial charge in [-0.25, -0.2) is 0 Å². The maximum Gasteiger partial charge on any atom is 0.295 e. The van der Waals surface area contributed by atoms with Crippen LogP contribution < -0.4 is 19.1 Å². The molecule has 2 aliphatic heterocycles. The highest BCUT2D eigenvalue weighted by atomic mass is 16.6. The average Bonchev–Trinajstić information content (AvgIpc) is 3.17. The standard InChI is InChI=1S/C29H28N2O6/c1-30(2)21-11-8-18(9-12-21)26-25(27(32)19-10-13-23-24(16-19)37-15-14-36-23)28(33)29(34)31(26)17-20-6-4-5-7-22(20)35-3/h4-13,16,26,32H,14-15,17H2,1-3H3/b27-25-. The van der Waals surface area contributed by atoms with E-state index in [4.69, 9.17) is 14.2 Å². The molecule has 0 spiro atoms. The number of Topliss-reactive ketones (excluding diaryl/α,β-unsaturated/α-hetero) is 1. The van der Waals surface area contributed by atoms with Gasteiger partial charge in [0, 0.05) is 30.9 Å². The quantitative estimate of drug-likeness (QED) is 0.309. The number of carbonyl (C=O) groups excluding carboxylic acids is 2. The Morgan fingerprint density at radius 2 is 1.70 bits per heavy atom. The molecule has 3 aromatic rings. The van der Waals surface area contributed by atoms with Crippen LogP contribution in [0, 0.1) is 0 Å². The van der Waals surface area contributed by atoms with Crippen molar-refractivity contribution in [3.63, 3.8) is 0 Å². The minimum Gasteiger partial charge on any atom is -0.507 e. The third-order valence-electron chi connectivity index (χ3n) is 6.61. The molecule has 8 nitrogen and oxygen atoms in total. The number of amides is 1. The summed E-state index contributed by atoms with van der Waals surface area (Å²) in [7, 11) is 5.43. The van der Waals surface area contributed by atoms with Crippen LogP contribution in [0.15, 0.2) is 72.3 Å². The van der Waals surface area contributed by atoms with Gasteiger partial charge in [-0.15, -0.1) is 0 Å². The zero-order chi connectivity index (χ0) is 26.1. The Morgan fingerprint density at radius 3 is 2.41 bits per heavy atom. The minimum absolute atomic E-state index is 0.0224. The Kier molecular flexibility index (Phi) is 6.48. The van der Waals surface area contributed by atoms with E-state index in [1.54, 1.807) is 25.3 Å². The summed E-state index contributed by atoms with van der Waals surface area (Å²) in [6.45, 7) is 0.959. The molecule has 5 rings (SSSR count). The van der Waals surface area contributed by atoms with Crippen molar-refractivity contribution in [2.24, 2.45) is 0 Å². The van der Waals surface area contributed by atoms with Gasteiger partial charge in [-0.1, -0.05) is 30.3 Å². The fraction of sp³-hybridized carbons (Fsp3) is 0.241. The molecule has 8 heteroatoms. The number of nitrogens with zero attached hydrogens (tertiary/aromatic N) is 2. The number of carbonyl (C=O) groups is 2. The molecule has 1 fully saturated rings. The molecule has 1 N–H and O–H groups in total. The van der Waals surface area contributed by atoms with E-state index in [-0.39, 0.29) is 17.9 Å². The first-order chi connectivity index (χ1) is 17.9. The summed E-state index contributed by atoms with van der Waals surface area (Å²) in [6.07, 6.45) is 0. The number of fused-ring (bicyclic) bond motifs is 1. The van der Waals surface area contributed by atoms with Crippen LogP contribution in [0.2, 0.25) is 0 Å². The number of likely N-dealkylation sites (tertiary alicyclic amines) is 1. The molecule has 0 aromatic heterocycles. The highest BCUT2D eigenvalue weighted by Gasteiger charge is 2.46. The van der Waals surface area contributed by atoms with Crippen molar-refractivity contribution < 1.29 is 28.9 Å². The summed E-state index contributed by atoms with van der Waals surface area (Å²) in [4.78, 5) is 30.2. The van der Waals surface area contributed by atoms with Crippen molar-refractivity contribution in [1.82, 2.24) is 4.90 Å². The summed E-state index contributed by atoms with van der Waals surface area (Å²) in [6, 6.07) is 19.1. The molecule has 0 aliphatic carbocycles. The number of rotatable bonds is 6. The largest absolute Gasteiger partial charge is 0.507 e. The molecule has 3 aromatic carbocycles. The van der Waals surface area contributed by atoms with E-state index in [0.717, 1.165) is 11.3 Å². The molecule has 1 atom stereocenters. The van der Waals surface area contributed by atoms with Crippen LogP contribution >= 0.6 is 0 Å². The number of hydrogen-bond acceptors (Lipinski definition) is 7. The van der Waals surface area contributed by atoms with Gasteiger partial charge in [0.05, 0.1) is 25.3 Å². The van der Waals surface area contributed by atoms with Crippen molar-refractivity contribution in [1.29, 1.82) is 0 Å². The molecule has 190 valence electrons. The second-order valence-corrected chi connectivity index (χ2v) is 9.08. The third-order valence-corrected chi connectivity index (χ3v) is 6.61. The summed E-state index contributed by atoms with van der Waals surface area (Å²) in [5, 5.41) is 11.4. The summed E-state index contributed by atoms with van der Waals surface area (Å²) < 4.78 is 16.7. The molecule has 2 aliphatic rings. The van der Waals surface area contributed by atoms with Crippen LogP contribution in [-0.4, -0.2) is 56.1 Å². The zero-order valence-corrected chi connectivity index (χ0v) is 20.9. The van der Waals surface area contributed by atoms with Gasteiger partial charge in [-0.05, 0) is 42.0 Å². The maximum atomic E-state index is 13.4. The second kappa shape index (κ2) is 9.89. The van der Waals surface area contributed by atoms with E-state index in [1.807, 2.05) is 67.5 Å². The molecular formula is C29H28N2O6. The Labute approximate surface area is 215 Å². The number of hydrogen-bond donors (Lipinski definition) is 1. The molecule has 1 amide bonds. The topological polar surface area (TPSA) is 88.5 Å². The Hall–Kier alpha value is -4.46.